The average molecular weight is 509 g/mol. The Morgan fingerprint density at radius 2 is 1.48 bits per heavy atom. The topological polar surface area (TPSA) is 58.6 Å². The molecule has 0 aliphatic carbocycles. The first-order valence-corrected chi connectivity index (χ1v) is 11.7. The molecule has 0 bridgehead atoms. The zero-order valence-electron chi connectivity index (χ0n) is 19.2. The maximum Gasteiger partial charge on any atom is 0.261 e. The molecule has 1 atom stereocenters. The van der Waals surface area contributed by atoms with Gasteiger partial charge in [-0.15, -0.1) is 0 Å². The first-order valence-electron chi connectivity index (χ1n) is 10.9. The van der Waals surface area contributed by atoms with Gasteiger partial charge in [-0.1, -0.05) is 76.6 Å². The van der Waals surface area contributed by atoms with Crippen LogP contribution in [0.3, 0.4) is 0 Å². The van der Waals surface area contributed by atoms with Gasteiger partial charge in [-0.05, 0) is 48.2 Å². The van der Waals surface area contributed by atoms with Crippen molar-refractivity contribution >= 4 is 27.7 Å². The van der Waals surface area contributed by atoms with Crippen molar-refractivity contribution < 1.29 is 14.3 Å². The molecule has 0 aliphatic heterocycles. The molecule has 0 saturated carbocycles. The van der Waals surface area contributed by atoms with Gasteiger partial charge in [-0.25, -0.2) is 0 Å². The fraction of sp³-hybridized carbons (Fsp3) is 0.259. The van der Waals surface area contributed by atoms with E-state index in [0.717, 1.165) is 26.7 Å². The van der Waals surface area contributed by atoms with E-state index in [2.05, 4.69) is 21.2 Å². The molecule has 0 aromatic heterocycles. The summed E-state index contributed by atoms with van der Waals surface area (Å²) in [6.07, 6.45) is 0.412. The van der Waals surface area contributed by atoms with Crippen LogP contribution >= 0.6 is 15.9 Å². The van der Waals surface area contributed by atoms with Crippen molar-refractivity contribution in [1.29, 1.82) is 0 Å². The van der Waals surface area contributed by atoms with Crippen molar-refractivity contribution in [2.24, 2.45) is 0 Å². The van der Waals surface area contributed by atoms with Crippen molar-refractivity contribution in [3.63, 3.8) is 0 Å². The Morgan fingerprint density at radius 3 is 2.03 bits per heavy atom. The Morgan fingerprint density at radius 1 is 0.939 bits per heavy atom. The van der Waals surface area contributed by atoms with Crippen LogP contribution in [0.25, 0.3) is 0 Å². The van der Waals surface area contributed by atoms with E-state index in [1.54, 1.807) is 11.9 Å². The van der Waals surface area contributed by atoms with Gasteiger partial charge in [0.15, 0.2) is 6.61 Å². The van der Waals surface area contributed by atoms with E-state index in [1.165, 1.54) is 0 Å². The van der Waals surface area contributed by atoms with E-state index in [9.17, 15) is 9.59 Å². The van der Waals surface area contributed by atoms with Gasteiger partial charge >= 0.3 is 0 Å². The van der Waals surface area contributed by atoms with E-state index >= 15 is 0 Å². The van der Waals surface area contributed by atoms with Crippen molar-refractivity contribution in [2.45, 2.75) is 32.9 Å². The highest BCUT2D eigenvalue weighted by Gasteiger charge is 2.30. The minimum atomic E-state index is -0.665. The lowest BCUT2D eigenvalue weighted by Gasteiger charge is -2.31. The quantitative estimate of drug-likeness (QED) is 0.450. The summed E-state index contributed by atoms with van der Waals surface area (Å²) in [5.74, 6) is 0.167. The molecule has 1 N–H and O–H groups in total. The zero-order chi connectivity index (χ0) is 23.8. The zero-order valence-corrected chi connectivity index (χ0v) is 20.8. The normalized spacial score (nSPS) is 11.5. The molecule has 0 radical (unpaired) electrons. The molecular weight excluding hydrogens is 480 g/mol. The highest BCUT2D eigenvalue weighted by atomic mass is 79.9. The lowest BCUT2D eigenvalue weighted by Crippen LogP contribution is -2.51. The van der Waals surface area contributed by atoms with Crippen molar-refractivity contribution in [3.8, 4) is 5.75 Å². The lowest BCUT2D eigenvalue weighted by atomic mass is 10.0. The number of rotatable bonds is 9. The van der Waals surface area contributed by atoms with E-state index in [1.807, 2.05) is 86.6 Å². The Kier molecular flexibility index (Phi) is 8.66. The molecular formula is C27H29BrN2O3. The van der Waals surface area contributed by atoms with Crippen LogP contribution in [0.1, 0.15) is 22.3 Å². The predicted octanol–water partition coefficient (Wildman–Crippen LogP) is 4.83. The minimum Gasteiger partial charge on any atom is -0.484 e. The molecule has 0 spiro atoms. The van der Waals surface area contributed by atoms with E-state index < -0.39 is 6.04 Å². The van der Waals surface area contributed by atoms with Crippen LogP contribution in [0.2, 0.25) is 0 Å². The number of likely N-dealkylation sites (N-methyl/N-ethyl adjacent to an activating group) is 1. The third kappa shape index (κ3) is 6.68. The number of nitrogens with zero attached hydrogens (tertiary/aromatic N) is 1. The van der Waals surface area contributed by atoms with Crippen LogP contribution in [0.15, 0.2) is 77.3 Å². The smallest absolute Gasteiger partial charge is 0.261 e. The minimum absolute atomic E-state index is 0.157. The van der Waals surface area contributed by atoms with Crippen LogP contribution in [0.5, 0.6) is 5.75 Å². The summed E-state index contributed by atoms with van der Waals surface area (Å²) in [6, 6.07) is 22.5. The number of aryl methyl sites for hydroxylation is 2. The van der Waals surface area contributed by atoms with Gasteiger partial charge in [0.05, 0.1) is 0 Å². The average Bonchev–Trinajstić information content (AvgIpc) is 2.83. The molecule has 0 fully saturated rings. The summed E-state index contributed by atoms with van der Waals surface area (Å²) in [6.45, 7) is 4.12. The molecule has 3 rings (SSSR count). The largest absolute Gasteiger partial charge is 0.484 e. The van der Waals surface area contributed by atoms with Crippen LogP contribution in [-0.2, 0) is 22.6 Å². The number of hydrogen-bond donors (Lipinski definition) is 1. The summed E-state index contributed by atoms with van der Waals surface area (Å²) in [7, 11) is 1.59. The van der Waals surface area contributed by atoms with E-state index in [0.29, 0.717) is 18.7 Å². The first-order chi connectivity index (χ1) is 15.9. The van der Waals surface area contributed by atoms with Crippen LogP contribution in [0, 0.1) is 13.8 Å². The number of nitrogens with one attached hydrogen (secondary N) is 1. The van der Waals surface area contributed by atoms with Gasteiger partial charge in [0.1, 0.15) is 11.8 Å². The second-order valence-corrected chi connectivity index (χ2v) is 8.78. The van der Waals surface area contributed by atoms with E-state index in [-0.39, 0.29) is 18.4 Å². The number of carbonyl (C=O) groups is 2. The number of amides is 2. The SMILES string of the molecule is CNC(=O)C(Cc1ccccc1)N(Cc1ccccc1)C(=O)COc1cc(C)c(Br)c(C)c1. The first kappa shape index (κ1) is 24.5. The highest BCUT2D eigenvalue weighted by Crippen LogP contribution is 2.26. The molecule has 0 heterocycles. The number of halogens is 1. The van der Waals surface area contributed by atoms with Crippen molar-refractivity contribution in [2.75, 3.05) is 13.7 Å². The van der Waals surface area contributed by atoms with Crippen LogP contribution < -0.4 is 10.1 Å². The third-order valence-electron chi connectivity index (χ3n) is 5.49. The lowest BCUT2D eigenvalue weighted by molar-refractivity contribution is -0.142. The fourth-order valence-corrected chi connectivity index (χ4v) is 3.95. The van der Waals surface area contributed by atoms with Gasteiger partial charge in [-0.3, -0.25) is 9.59 Å². The maximum absolute atomic E-state index is 13.4. The maximum atomic E-state index is 13.4. The Labute approximate surface area is 203 Å². The third-order valence-corrected chi connectivity index (χ3v) is 6.74. The number of ether oxygens (including phenoxy) is 1. The number of carbonyl (C=O) groups excluding carboxylic acids is 2. The molecule has 0 aliphatic rings. The predicted molar refractivity (Wildman–Crippen MR) is 134 cm³/mol. The van der Waals surface area contributed by atoms with Crippen LogP contribution in [-0.4, -0.2) is 36.4 Å². The van der Waals surface area contributed by atoms with Gasteiger partial charge in [0.2, 0.25) is 5.91 Å². The summed E-state index contributed by atoms with van der Waals surface area (Å²) >= 11 is 3.55. The summed E-state index contributed by atoms with van der Waals surface area (Å²) in [5, 5.41) is 2.72. The molecule has 6 heteroatoms. The van der Waals surface area contributed by atoms with Crippen LogP contribution in [0.4, 0.5) is 0 Å². The van der Waals surface area contributed by atoms with E-state index in [4.69, 9.17) is 4.74 Å². The second-order valence-electron chi connectivity index (χ2n) is 7.99. The Bertz CT molecular complexity index is 1060. The van der Waals surface area contributed by atoms with Gasteiger partial charge in [-0.2, -0.15) is 0 Å². The van der Waals surface area contributed by atoms with Crippen molar-refractivity contribution in [3.05, 3.63) is 99.5 Å². The van der Waals surface area contributed by atoms with Gasteiger partial charge < -0.3 is 15.0 Å². The molecule has 2 amide bonds. The number of benzene rings is 3. The van der Waals surface area contributed by atoms with Crippen molar-refractivity contribution in [1.82, 2.24) is 10.2 Å². The Hall–Kier alpha value is -3.12. The molecule has 5 nitrogen and oxygen atoms in total. The molecule has 0 saturated heterocycles. The molecule has 1 unspecified atom stereocenters. The molecule has 33 heavy (non-hydrogen) atoms. The summed E-state index contributed by atoms with van der Waals surface area (Å²) in [4.78, 5) is 27.9. The molecule has 172 valence electrons. The summed E-state index contributed by atoms with van der Waals surface area (Å²) < 4.78 is 6.90. The van der Waals surface area contributed by atoms with Gasteiger partial charge in [0, 0.05) is 24.5 Å². The monoisotopic (exact) mass is 508 g/mol. The highest BCUT2D eigenvalue weighted by molar-refractivity contribution is 9.10. The Balaban J connectivity index is 1.86. The molecule has 3 aromatic carbocycles. The molecule has 3 aromatic rings. The number of hydrogen-bond acceptors (Lipinski definition) is 3. The second kappa shape index (κ2) is 11.7. The fourth-order valence-electron chi connectivity index (χ4n) is 3.72. The summed E-state index contributed by atoms with van der Waals surface area (Å²) in [5.41, 5.74) is 4.00. The van der Waals surface area contributed by atoms with Gasteiger partial charge in [0.25, 0.3) is 5.91 Å². The standard InChI is InChI=1S/C27H29BrN2O3/c1-19-14-23(15-20(2)26(19)28)33-18-25(31)30(17-22-12-8-5-9-13-22)24(27(32)29-3)16-21-10-6-4-7-11-21/h4-15,24H,16-18H2,1-3H3,(H,29,32).